The van der Waals surface area contributed by atoms with Crippen LogP contribution in [-0.4, -0.2) is 36.6 Å². The van der Waals surface area contributed by atoms with Crippen LogP contribution >= 0.6 is 0 Å². The Morgan fingerprint density at radius 3 is 2.40 bits per heavy atom. The number of ether oxygens (including phenoxy) is 2. The van der Waals surface area contributed by atoms with Crippen molar-refractivity contribution in [3.63, 3.8) is 0 Å². The first-order valence-corrected chi connectivity index (χ1v) is 6.26. The van der Waals surface area contributed by atoms with E-state index in [1.807, 2.05) is 13.8 Å². The van der Waals surface area contributed by atoms with Gasteiger partial charge in [-0.25, -0.2) is 0 Å². The summed E-state index contributed by atoms with van der Waals surface area (Å²) in [6.07, 6.45) is 0.678. The number of nitro benzene ring substituents is 1. The van der Waals surface area contributed by atoms with Gasteiger partial charge in [0, 0.05) is 31.4 Å². The topological polar surface area (TPSA) is 78.7 Å². The minimum absolute atomic E-state index is 0.0377. The highest BCUT2D eigenvalue weighted by Gasteiger charge is 2.16. The van der Waals surface area contributed by atoms with Crippen LogP contribution in [0.3, 0.4) is 0 Å². The van der Waals surface area contributed by atoms with Crippen molar-refractivity contribution in [3.05, 3.63) is 39.9 Å². The number of carbonyl (C=O) groups excluding carboxylic acids is 1. The Balaban J connectivity index is 2.41. The van der Waals surface area contributed by atoms with Crippen molar-refractivity contribution in [2.75, 3.05) is 20.3 Å². The SMILES string of the molecule is COC(C)(C)CCOCC(=O)c1ccc([N+](=O)[O-])cc1. The van der Waals surface area contributed by atoms with Crippen LogP contribution in [0, 0.1) is 10.1 Å². The molecule has 0 atom stereocenters. The largest absolute Gasteiger partial charge is 0.379 e. The number of hydrogen-bond acceptors (Lipinski definition) is 5. The van der Waals surface area contributed by atoms with Gasteiger partial charge in [0.15, 0.2) is 5.78 Å². The highest BCUT2D eigenvalue weighted by atomic mass is 16.6. The third kappa shape index (κ3) is 5.07. The third-order valence-electron chi connectivity index (χ3n) is 3.03. The summed E-state index contributed by atoms with van der Waals surface area (Å²) in [6, 6.07) is 5.48. The van der Waals surface area contributed by atoms with Crippen molar-refractivity contribution in [1.29, 1.82) is 0 Å². The zero-order valence-corrected chi connectivity index (χ0v) is 11.9. The predicted octanol–water partition coefficient (Wildman–Crippen LogP) is 2.61. The lowest BCUT2D eigenvalue weighted by molar-refractivity contribution is -0.384. The van der Waals surface area contributed by atoms with Crippen LogP contribution in [-0.2, 0) is 9.47 Å². The number of ketones is 1. The minimum Gasteiger partial charge on any atom is -0.379 e. The molecule has 0 fully saturated rings. The van der Waals surface area contributed by atoms with Crippen molar-refractivity contribution in [1.82, 2.24) is 0 Å². The lowest BCUT2D eigenvalue weighted by Crippen LogP contribution is -2.25. The molecular weight excluding hydrogens is 262 g/mol. The van der Waals surface area contributed by atoms with Crippen molar-refractivity contribution in [3.8, 4) is 0 Å². The van der Waals surface area contributed by atoms with Gasteiger partial charge in [0.2, 0.25) is 0 Å². The van der Waals surface area contributed by atoms with E-state index in [2.05, 4.69) is 0 Å². The molecule has 0 aliphatic rings. The Morgan fingerprint density at radius 1 is 1.30 bits per heavy atom. The van der Waals surface area contributed by atoms with Crippen LogP contribution in [0.15, 0.2) is 24.3 Å². The Bertz CT molecular complexity index is 467. The zero-order chi connectivity index (χ0) is 15.2. The standard InChI is InChI=1S/C14H19NO5/c1-14(2,19-3)8-9-20-10-13(16)11-4-6-12(7-5-11)15(17)18/h4-7H,8-10H2,1-3H3. The monoisotopic (exact) mass is 281 g/mol. The number of hydrogen-bond donors (Lipinski definition) is 0. The number of methoxy groups -OCH3 is 1. The molecule has 0 N–H and O–H groups in total. The van der Waals surface area contributed by atoms with E-state index in [4.69, 9.17) is 9.47 Å². The van der Waals surface area contributed by atoms with Gasteiger partial charge < -0.3 is 9.47 Å². The number of benzene rings is 1. The fourth-order valence-corrected chi connectivity index (χ4v) is 1.44. The normalized spacial score (nSPS) is 11.3. The number of Topliss-reactive ketones (excluding diaryl/α,β-unsaturated/α-hetero) is 1. The second-order valence-corrected chi connectivity index (χ2v) is 4.99. The molecule has 0 heterocycles. The highest BCUT2D eigenvalue weighted by molar-refractivity contribution is 5.97. The summed E-state index contributed by atoms with van der Waals surface area (Å²) in [4.78, 5) is 21.8. The van der Waals surface area contributed by atoms with E-state index in [9.17, 15) is 14.9 Å². The molecule has 1 rings (SSSR count). The maximum atomic E-state index is 11.8. The van der Waals surface area contributed by atoms with Crippen molar-refractivity contribution in [2.45, 2.75) is 25.9 Å². The molecule has 0 aliphatic heterocycles. The zero-order valence-electron chi connectivity index (χ0n) is 11.9. The summed E-state index contributed by atoms with van der Waals surface area (Å²) in [6.45, 7) is 4.25. The molecule has 110 valence electrons. The lowest BCUT2D eigenvalue weighted by Gasteiger charge is -2.22. The average molecular weight is 281 g/mol. The van der Waals surface area contributed by atoms with Crippen LogP contribution in [0.25, 0.3) is 0 Å². The van der Waals surface area contributed by atoms with Crippen LogP contribution in [0.1, 0.15) is 30.6 Å². The van der Waals surface area contributed by atoms with Gasteiger partial charge in [-0.1, -0.05) is 0 Å². The van der Waals surface area contributed by atoms with E-state index < -0.39 is 4.92 Å². The first-order valence-electron chi connectivity index (χ1n) is 6.26. The molecule has 0 amide bonds. The molecule has 6 nitrogen and oxygen atoms in total. The molecule has 0 aromatic heterocycles. The predicted molar refractivity (Wildman–Crippen MR) is 74.0 cm³/mol. The van der Waals surface area contributed by atoms with E-state index in [0.717, 1.165) is 0 Å². The second-order valence-electron chi connectivity index (χ2n) is 4.99. The van der Waals surface area contributed by atoms with E-state index in [1.54, 1.807) is 7.11 Å². The number of rotatable bonds is 8. The number of nitrogens with zero attached hydrogens (tertiary/aromatic N) is 1. The van der Waals surface area contributed by atoms with Gasteiger partial charge in [0.25, 0.3) is 5.69 Å². The van der Waals surface area contributed by atoms with Gasteiger partial charge in [-0.3, -0.25) is 14.9 Å². The van der Waals surface area contributed by atoms with Crippen LogP contribution in [0.4, 0.5) is 5.69 Å². The van der Waals surface area contributed by atoms with E-state index in [1.165, 1.54) is 24.3 Å². The summed E-state index contributed by atoms with van der Waals surface area (Å²) in [5.41, 5.74) is 0.0852. The molecule has 0 aliphatic carbocycles. The van der Waals surface area contributed by atoms with Crippen LogP contribution in [0.2, 0.25) is 0 Å². The van der Waals surface area contributed by atoms with E-state index in [0.29, 0.717) is 18.6 Å². The Morgan fingerprint density at radius 2 is 1.90 bits per heavy atom. The molecule has 0 radical (unpaired) electrons. The molecule has 0 bridgehead atoms. The number of non-ortho nitro benzene ring substituents is 1. The number of carbonyl (C=O) groups is 1. The fraction of sp³-hybridized carbons (Fsp3) is 0.500. The Labute approximate surface area is 117 Å². The van der Waals surface area contributed by atoms with Crippen molar-refractivity contribution >= 4 is 11.5 Å². The molecular formula is C14H19NO5. The van der Waals surface area contributed by atoms with Crippen LogP contribution < -0.4 is 0 Å². The molecule has 0 spiro atoms. The highest BCUT2D eigenvalue weighted by Crippen LogP contribution is 2.14. The molecule has 1 aromatic rings. The smallest absolute Gasteiger partial charge is 0.269 e. The summed E-state index contributed by atoms with van der Waals surface area (Å²) >= 11 is 0. The first kappa shape index (κ1) is 16.3. The molecule has 0 saturated heterocycles. The molecule has 0 saturated carbocycles. The maximum absolute atomic E-state index is 11.8. The van der Waals surface area contributed by atoms with Gasteiger partial charge in [0.05, 0.1) is 10.5 Å². The van der Waals surface area contributed by atoms with Gasteiger partial charge >= 0.3 is 0 Å². The fourth-order valence-electron chi connectivity index (χ4n) is 1.44. The summed E-state index contributed by atoms with van der Waals surface area (Å²) in [7, 11) is 1.63. The van der Waals surface area contributed by atoms with Crippen molar-refractivity contribution in [2.24, 2.45) is 0 Å². The maximum Gasteiger partial charge on any atom is 0.269 e. The average Bonchev–Trinajstić information content (AvgIpc) is 2.43. The van der Waals surface area contributed by atoms with Gasteiger partial charge in [-0.05, 0) is 32.4 Å². The van der Waals surface area contributed by atoms with Gasteiger partial charge in [-0.2, -0.15) is 0 Å². The first-order chi connectivity index (χ1) is 9.35. The second kappa shape index (κ2) is 7.12. The summed E-state index contributed by atoms with van der Waals surface area (Å²) in [5, 5.41) is 10.5. The lowest BCUT2D eigenvalue weighted by atomic mass is 10.1. The quantitative estimate of drug-likeness (QED) is 0.317. The third-order valence-corrected chi connectivity index (χ3v) is 3.03. The molecule has 20 heavy (non-hydrogen) atoms. The molecule has 6 heteroatoms. The summed E-state index contributed by atoms with van der Waals surface area (Å²) in [5.74, 6) is -0.199. The minimum atomic E-state index is -0.502. The van der Waals surface area contributed by atoms with E-state index in [-0.39, 0.29) is 23.7 Å². The number of nitro groups is 1. The van der Waals surface area contributed by atoms with Crippen molar-refractivity contribution < 1.29 is 19.2 Å². The van der Waals surface area contributed by atoms with E-state index >= 15 is 0 Å². The van der Waals surface area contributed by atoms with Crippen LogP contribution in [0.5, 0.6) is 0 Å². The Hall–Kier alpha value is -1.79. The molecule has 0 unspecified atom stereocenters. The Kier molecular flexibility index (Phi) is 5.79. The molecule has 1 aromatic carbocycles. The van der Waals surface area contributed by atoms with Gasteiger partial charge in [-0.15, -0.1) is 0 Å². The van der Waals surface area contributed by atoms with Gasteiger partial charge in [0.1, 0.15) is 6.61 Å². The summed E-state index contributed by atoms with van der Waals surface area (Å²) < 4.78 is 10.5.